The molecule has 1 aromatic heterocycles. The van der Waals surface area contributed by atoms with Crippen molar-refractivity contribution in [2.75, 3.05) is 17.6 Å². The minimum Gasteiger partial charge on any atom is -0.396 e. The van der Waals surface area contributed by atoms with Crippen molar-refractivity contribution < 1.29 is 0 Å². The maximum absolute atomic E-state index is 5.77. The van der Waals surface area contributed by atoms with E-state index >= 15 is 0 Å². The fourth-order valence-corrected chi connectivity index (χ4v) is 1.30. The van der Waals surface area contributed by atoms with E-state index in [0.29, 0.717) is 0 Å². The van der Waals surface area contributed by atoms with Gasteiger partial charge in [-0.15, -0.1) is 0 Å². The molecule has 3 nitrogen and oxygen atoms in total. The molecule has 2 rings (SSSR count). The van der Waals surface area contributed by atoms with Crippen LogP contribution in [0.25, 0.3) is 0 Å². The Labute approximate surface area is 78.4 Å². The van der Waals surface area contributed by atoms with E-state index in [1.807, 2.05) is 13.0 Å². The van der Waals surface area contributed by atoms with Gasteiger partial charge in [0.25, 0.3) is 0 Å². The number of rotatable bonds is 3. The molecule has 3 heteroatoms. The lowest BCUT2D eigenvalue weighted by molar-refractivity contribution is 0.889. The number of aromatic nitrogens is 1. The van der Waals surface area contributed by atoms with Crippen LogP contribution in [0.4, 0.5) is 11.4 Å². The Hall–Kier alpha value is -1.25. The summed E-state index contributed by atoms with van der Waals surface area (Å²) in [7, 11) is 0. The van der Waals surface area contributed by atoms with Gasteiger partial charge in [0.2, 0.25) is 0 Å². The first-order chi connectivity index (χ1) is 6.25. The maximum Gasteiger partial charge on any atom is 0.0736 e. The summed E-state index contributed by atoms with van der Waals surface area (Å²) in [5.74, 6) is 0.868. The largest absolute Gasteiger partial charge is 0.396 e. The van der Waals surface area contributed by atoms with Gasteiger partial charge in [-0.2, -0.15) is 0 Å². The van der Waals surface area contributed by atoms with E-state index in [9.17, 15) is 0 Å². The number of nitrogens with one attached hydrogen (secondary N) is 1. The van der Waals surface area contributed by atoms with Gasteiger partial charge in [-0.1, -0.05) is 0 Å². The number of hydrogen-bond donors (Lipinski definition) is 2. The van der Waals surface area contributed by atoms with Crippen molar-refractivity contribution in [3.05, 3.63) is 18.0 Å². The quantitative estimate of drug-likeness (QED) is 0.740. The highest BCUT2D eigenvalue weighted by Gasteiger charge is 2.20. The predicted molar refractivity (Wildman–Crippen MR) is 54.6 cm³/mol. The molecule has 3 N–H and O–H groups in total. The van der Waals surface area contributed by atoms with E-state index in [4.69, 9.17) is 5.73 Å². The molecular formula is C10H15N3. The van der Waals surface area contributed by atoms with Gasteiger partial charge in [0, 0.05) is 12.2 Å². The number of nitrogens with two attached hydrogens (primary N) is 1. The van der Waals surface area contributed by atoms with Crippen LogP contribution in [0.5, 0.6) is 0 Å². The van der Waals surface area contributed by atoms with Gasteiger partial charge < -0.3 is 11.1 Å². The second-order valence-corrected chi connectivity index (χ2v) is 3.74. The van der Waals surface area contributed by atoms with Crippen molar-refractivity contribution >= 4 is 11.4 Å². The topological polar surface area (TPSA) is 50.9 Å². The monoisotopic (exact) mass is 177 g/mol. The second kappa shape index (κ2) is 3.24. The Balaban J connectivity index is 2.03. The van der Waals surface area contributed by atoms with Crippen LogP contribution >= 0.6 is 0 Å². The van der Waals surface area contributed by atoms with Crippen molar-refractivity contribution in [1.29, 1.82) is 0 Å². The zero-order valence-electron chi connectivity index (χ0n) is 7.88. The minimum absolute atomic E-state index is 0.742. The number of aryl methyl sites for hydroxylation is 1. The van der Waals surface area contributed by atoms with Crippen molar-refractivity contribution in [3.63, 3.8) is 0 Å². The normalized spacial score (nSPS) is 15.8. The Morgan fingerprint density at radius 1 is 1.62 bits per heavy atom. The zero-order chi connectivity index (χ0) is 9.26. The minimum atomic E-state index is 0.742. The summed E-state index contributed by atoms with van der Waals surface area (Å²) >= 11 is 0. The first-order valence-corrected chi connectivity index (χ1v) is 4.71. The number of anilines is 2. The molecule has 0 amide bonds. The highest BCUT2D eigenvalue weighted by molar-refractivity contribution is 5.65. The van der Waals surface area contributed by atoms with Crippen LogP contribution in [0.1, 0.15) is 18.5 Å². The van der Waals surface area contributed by atoms with Crippen molar-refractivity contribution in [1.82, 2.24) is 4.98 Å². The van der Waals surface area contributed by atoms with Crippen LogP contribution < -0.4 is 11.1 Å². The van der Waals surface area contributed by atoms with Gasteiger partial charge in [0.1, 0.15) is 0 Å². The fraction of sp³-hybridized carbons (Fsp3) is 0.500. The summed E-state index contributed by atoms with van der Waals surface area (Å²) in [5, 5.41) is 3.35. The lowest BCUT2D eigenvalue weighted by Crippen LogP contribution is -2.06. The predicted octanol–water partition coefficient (Wildman–Crippen LogP) is 1.79. The van der Waals surface area contributed by atoms with Crippen LogP contribution in [0.2, 0.25) is 0 Å². The molecule has 1 aliphatic rings. The van der Waals surface area contributed by atoms with Crippen molar-refractivity contribution in [2.24, 2.45) is 5.92 Å². The highest BCUT2D eigenvalue weighted by atomic mass is 14.9. The maximum atomic E-state index is 5.77. The van der Waals surface area contributed by atoms with Crippen LogP contribution in [-0.2, 0) is 0 Å². The van der Waals surface area contributed by atoms with E-state index in [2.05, 4.69) is 10.3 Å². The van der Waals surface area contributed by atoms with Gasteiger partial charge in [-0.05, 0) is 31.7 Å². The van der Waals surface area contributed by atoms with Gasteiger partial charge in [0.05, 0.1) is 17.6 Å². The first kappa shape index (κ1) is 8.35. The average molecular weight is 177 g/mol. The van der Waals surface area contributed by atoms with Gasteiger partial charge >= 0.3 is 0 Å². The third-order valence-corrected chi connectivity index (χ3v) is 2.35. The summed E-state index contributed by atoms with van der Waals surface area (Å²) in [6, 6.07) is 2.00. The third-order valence-electron chi connectivity index (χ3n) is 2.35. The van der Waals surface area contributed by atoms with Crippen molar-refractivity contribution in [2.45, 2.75) is 19.8 Å². The van der Waals surface area contributed by atoms with Crippen LogP contribution in [0, 0.1) is 12.8 Å². The molecule has 1 aromatic rings. The molecular weight excluding hydrogens is 162 g/mol. The molecule has 13 heavy (non-hydrogen) atoms. The Morgan fingerprint density at radius 2 is 2.38 bits per heavy atom. The number of pyridine rings is 1. The molecule has 0 unspecified atom stereocenters. The van der Waals surface area contributed by atoms with E-state index < -0.39 is 0 Å². The van der Waals surface area contributed by atoms with Crippen LogP contribution in [0.3, 0.4) is 0 Å². The number of nitrogen functional groups attached to an aromatic ring is 1. The SMILES string of the molecule is Cc1cc(NCC2CC2)c(N)cn1. The average Bonchev–Trinajstić information content (AvgIpc) is 2.90. The fourth-order valence-electron chi connectivity index (χ4n) is 1.30. The second-order valence-electron chi connectivity index (χ2n) is 3.74. The molecule has 70 valence electrons. The Bertz CT molecular complexity index is 305. The summed E-state index contributed by atoms with van der Waals surface area (Å²) < 4.78 is 0. The lowest BCUT2D eigenvalue weighted by Gasteiger charge is -2.08. The summed E-state index contributed by atoms with van der Waals surface area (Å²) in [5.41, 5.74) is 8.55. The third kappa shape index (κ3) is 2.11. The molecule has 0 radical (unpaired) electrons. The van der Waals surface area contributed by atoms with Gasteiger partial charge in [-0.3, -0.25) is 4.98 Å². The molecule has 0 atom stereocenters. The molecule has 1 saturated carbocycles. The van der Waals surface area contributed by atoms with E-state index in [1.54, 1.807) is 6.20 Å². The molecule has 1 fully saturated rings. The van der Waals surface area contributed by atoms with Crippen molar-refractivity contribution in [3.8, 4) is 0 Å². The zero-order valence-corrected chi connectivity index (χ0v) is 7.88. The number of nitrogens with zero attached hydrogens (tertiary/aromatic N) is 1. The first-order valence-electron chi connectivity index (χ1n) is 4.71. The summed E-state index contributed by atoms with van der Waals surface area (Å²) in [6.07, 6.45) is 4.43. The van der Waals surface area contributed by atoms with Crippen LogP contribution in [0.15, 0.2) is 12.3 Å². The van der Waals surface area contributed by atoms with E-state index in [-0.39, 0.29) is 0 Å². The molecule has 0 saturated heterocycles. The number of hydrogen-bond acceptors (Lipinski definition) is 3. The highest BCUT2D eigenvalue weighted by Crippen LogP contribution is 2.29. The standard InChI is InChI=1S/C10H15N3/c1-7-4-10(9(11)6-12-7)13-5-8-2-3-8/h4,6,8H,2-3,5,11H2,1H3,(H,12,13). The lowest BCUT2D eigenvalue weighted by atomic mass is 10.3. The molecule has 0 bridgehead atoms. The Kier molecular flexibility index (Phi) is 2.08. The molecule has 1 heterocycles. The molecule has 0 aliphatic heterocycles. The van der Waals surface area contributed by atoms with E-state index in [0.717, 1.165) is 29.5 Å². The molecule has 1 aliphatic carbocycles. The van der Waals surface area contributed by atoms with E-state index in [1.165, 1.54) is 12.8 Å². The summed E-state index contributed by atoms with van der Waals surface area (Å²) in [4.78, 5) is 4.12. The molecule has 0 spiro atoms. The van der Waals surface area contributed by atoms with Crippen LogP contribution in [-0.4, -0.2) is 11.5 Å². The molecule has 0 aromatic carbocycles. The smallest absolute Gasteiger partial charge is 0.0736 e. The van der Waals surface area contributed by atoms with Gasteiger partial charge in [0.15, 0.2) is 0 Å². The summed E-state index contributed by atoms with van der Waals surface area (Å²) in [6.45, 7) is 3.02. The van der Waals surface area contributed by atoms with Gasteiger partial charge in [-0.25, -0.2) is 0 Å². The Morgan fingerprint density at radius 3 is 3.08 bits per heavy atom.